The summed E-state index contributed by atoms with van der Waals surface area (Å²) in [6, 6.07) is -0.431. The van der Waals surface area contributed by atoms with Crippen LogP contribution in [0.25, 0.3) is 0 Å². The maximum atomic E-state index is 12.4. The number of rotatable bonds is 2. The molecule has 3 rings (SSSR count). The van der Waals surface area contributed by atoms with E-state index in [1.165, 1.54) is 13.3 Å². The molecule has 3 atom stereocenters. The molecular formula is C13H17N3O3. The second kappa shape index (κ2) is 4.68. The maximum absolute atomic E-state index is 12.4. The highest BCUT2D eigenvalue weighted by molar-refractivity contribution is 5.97. The molecular weight excluding hydrogens is 246 g/mol. The third kappa shape index (κ3) is 1.91. The Morgan fingerprint density at radius 1 is 1.47 bits per heavy atom. The summed E-state index contributed by atoms with van der Waals surface area (Å²) in [5.41, 5.74) is 0.494. The Morgan fingerprint density at radius 3 is 3.00 bits per heavy atom. The van der Waals surface area contributed by atoms with Gasteiger partial charge in [-0.2, -0.15) is 5.10 Å². The van der Waals surface area contributed by atoms with E-state index in [9.17, 15) is 9.59 Å². The van der Waals surface area contributed by atoms with Gasteiger partial charge in [-0.05, 0) is 24.7 Å². The van der Waals surface area contributed by atoms with Crippen LogP contribution >= 0.6 is 0 Å². The molecule has 102 valence electrons. The van der Waals surface area contributed by atoms with Gasteiger partial charge in [0.2, 0.25) is 0 Å². The SMILES string of the molecule is COC(=O)[C@@H]1[C@H]2CCC[C@@H]2CN1C(=O)c1cn[nH]c1. The van der Waals surface area contributed by atoms with Gasteiger partial charge in [0.1, 0.15) is 6.04 Å². The van der Waals surface area contributed by atoms with Gasteiger partial charge in [-0.15, -0.1) is 0 Å². The Bertz CT molecular complexity index is 485. The van der Waals surface area contributed by atoms with Crippen LogP contribution in [0.3, 0.4) is 0 Å². The fourth-order valence-electron chi connectivity index (χ4n) is 3.47. The van der Waals surface area contributed by atoms with E-state index >= 15 is 0 Å². The number of nitrogens with zero attached hydrogens (tertiary/aromatic N) is 2. The molecule has 6 heteroatoms. The van der Waals surface area contributed by atoms with Crippen LogP contribution in [0.5, 0.6) is 0 Å². The second-order valence-electron chi connectivity index (χ2n) is 5.27. The lowest BCUT2D eigenvalue weighted by Crippen LogP contribution is -2.43. The number of likely N-dealkylation sites (tertiary alicyclic amines) is 1. The molecule has 1 saturated carbocycles. The number of aromatic amines is 1. The minimum Gasteiger partial charge on any atom is -0.467 e. The number of methoxy groups -OCH3 is 1. The number of H-pyrrole nitrogens is 1. The Hall–Kier alpha value is -1.85. The fourth-order valence-corrected chi connectivity index (χ4v) is 3.47. The van der Waals surface area contributed by atoms with Crippen LogP contribution in [-0.4, -0.2) is 46.7 Å². The van der Waals surface area contributed by atoms with Crippen molar-refractivity contribution in [2.45, 2.75) is 25.3 Å². The van der Waals surface area contributed by atoms with E-state index in [1.807, 2.05) is 0 Å². The Balaban J connectivity index is 1.87. The molecule has 19 heavy (non-hydrogen) atoms. The smallest absolute Gasteiger partial charge is 0.328 e. The van der Waals surface area contributed by atoms with Gasteiger partial charge >= 0.3 is 5.97 Å². The number of aromatic nitrogens is 2. The molecule has 0 radical (unpaired) electrons. The number of esters is 1. The molecule has 1 aliphatic heterocycles. The van der Waals surface area contributed by atoms with Crippen molar-refractivity contribution >= 4 is 11.9 Å². The quantitative estimate of drug-likeness (QED) is 0.802. The van der Waals surface area contributed by atoms with Crippen molar-refractivity contribution in [3.63, 3.8) is 0 Å². The number of hydrogen-bond acceptors (Lipinski definition) is 4. The summed E-state index contributed by atoms with van der Waals surface area (Å²) in [4.78, 5) is 26.1. The van der Waals surface area contributed by atoms with Gasteiger partial charge in [-0.1, -0.05) is 6.42 Å². The van der Waals surface area contributed by atoms with Crippen molar-refractivity contribution in [3.05, 3.63) is 18.0 Å². The predicted octanol–water partition coefficient (Wildman–Crippen LogP) is 0.823. The topological polar surface area (TPSA) is 75.3 Å². The molecule has 1 amide bonds. The summed E-state index contributed by atoms with van der Waals surface area (Å²) in [6.07, 6.45) is 6.28. The molecule has 0 spiro atoms. The molecule has 1 N–H and O–H groups in total. The standard InChI is InChI=1S/C13H17N3O3/c1-19-13(18)11-10-4-2-3-8(10)7-16(11)12(17)9-5-14-15-6-9/h5-6,8,10-11H,2-4,7H2,1H3,(H,14,15)/t8-,10+,11+/m1/s1. The van der Waals surface area contributed by atoms with E-state index in [2.05, 4.69) is 10.2 Å². The summed E-state index contributed by atoms with van der Waals surface area (Å²) >= 11 is 0. The van der Waals surface area contributed by atoms with Gasteiger partial charge in [0.15, 0.2) is 0 Å². The molecule has 0 aromatic carbocycles. The Morgan fingerprint density at radius 2 is 2.32 bits per heavy atom. The van der Waals surface area contributed by atoms with Crippen molar-refractivity contribution in [2.24, 2.45) is 11.8 Å². The first-order chi connectivity index (χ1) is 9.22. The molecule has 0 bridgehead atoms. The molecule has 6 nitrogen and oxygen atoms in total. The second-order valence-corrected chi connectivity index (χ2v) is 5.27. The Labute approximate surface area is 111 Å². The first kappa shape index (κ1) is 12.2. The van der Waals surface area contributed by atoms with Crippen LogP contribution in [0.2, 0.25) is 0 Å². The van der Waals surface area contributed by atoms with Crippen molar-refractivity contribution in [1.29, 1.82) is 0 Å². The summed E-state index contributed by atoms with van der Waals surface area (Å²) in [5, 5.41) is 6.42. The van der Waals surface area contributed by atoms with Crippen LogP contribution in [-0.2, 0) is 9.53 Å². The maximum Gasteiger partial charge on any atom is 0.328 e. The number of hydrogen-bond donors (Lipinski definition) is 1. The van der Waals surface area contributed by atoms with Gasteiger partial charge in [0.05, 0.1) is 18.9 Å². The van der Waals surface area contributed by atoms with Gasteiger partial charge in [-0.3, -0.25) is 9.89 Å². The highest BCUT2D eigenvalue weighted by Crippen LogP contribution is 2.42. The van der Waals surface area contributed by atoms with E-state index in [4.69, 9.17) is 4.74 Å². The largest absolute Gasteiger partial charge is 0.467 e. The number of fused-ring (bicyclic) bond motifs is 1. The number of carbonyl (C=O) groups excluding carboxylic acids is 2. The number of nitrogens with one attached hydrogen (secondary N) is 1. The average molecular weight is 263 g/mol. The molecule has 2 aliphatic rings. The lowest BCUT2D eigenvalue weighted by molar-refractivity contribution is -0.146. The molecule has 0 unspecified atom stereocenters. The van der Waals surface area contributed by atoms with Crippen LogP contribution in [0.15, 0.2) is 12.4 Å². The van der Waals surface area contributed by atoms with E-state index in [1.54, 1.807) is 11.1 Å². The summed E-state index contributed by atoms with van der Waals surface area (Å²) in [7, 11) is 1.38. The highest BCUT2D eigenvalue weighted by atomic mass is 16.5. The van der Waals surface area contributed by atoms with Gasteiger partial charge in [0, 0.05) is 12.7 Å². The fraction of sp³-hybridized carbons (Fsp3) is 0.615. The van der Waals surface area contributed by atoms with E-state index < -0.39 is 6.04 Å². The first-order valence-electron chi connectivity index (χ1n) is 6.60. The zero-order valence-corrected chi connectivity index (χ0v) is 10.8. The highest BCUT2D eigenvalue weighted by Gasteiger charge is 2.50. The third-order valence-corrected chi connectivity index (χ3v) is 4.34. The summed E-state index contributed by atoms with van der Waals surface area (Å²) in [5.74, 6) is 0.244. The minimum absolute atomic E-state index is 0.140. The number of amides is 1. The van der Waals surface area contributed by atoms with E-state index in [-0.39, 0.29) is 17.8 Å². The lowest BCUT2D eigenvalue weighted by Gasteiger charge is -2.25. The number of ether oxygens (including phenoxy) is 1. The zero-order chi connectivity index (χ0) is 13.4. The lowest BCUT2D eigenvalue weighted by atomic mass is 9.94. The van der Waals surface area contributed by atoms with E-state index in [0.717, 1.165) is 19.3 Å². The van der Waals surface area contributed by atoms with Crippen molar-refractivity contribution in [3.8, 4) is 0 Å². The molecule has 2 fully saturated rings. The minimum atomic E-state index is -0.431. The average Bonchev–Trinajstić information content (AvgIpc) is 3.12. The number of carbonyl (C=O) groups is 2. The van der Waals surface area contributed by atoms with Crippen molar-refractivity contribution < 1.29 is 14.3 Å². The van der Waals surface area contributed by atoms with Gasteiger partial charge < -0.3 is 9.64 Å². The summed E-state index contributed by atoms with van der Waals surface area (Å²) < 4.78 is 4.88. The van der Waals surface area contributed by atoms with Crippen LogP contribution < -0.4 is 0 Å². The predicted molar refractivity (Wildman–Crippen MR) is 66.3 cm³/mol. The molecule has 1 saturated heterocycles. The van der Waals surface area contributed by atoms with Crippen molar-refractivity contribution in [1.82, 2.24) is 15.1 Å². The molecule has 2 heterocycles. The van der Waals surface area contributed by atoms with Gasteiger partial charge in [0.25, 0.3) is 5.91 Å². The monoisotopic (exact) mass is 263 g/mol. The Kier molecular flexibility index (Phi) is 3.00. The van der Waals surface area contributed by atoms with E-state index in [0.29, 0.717) is 18.0 Å². The molecule has 1 aliphatic carbocycles. The third-order valence-electron chi connectivity index (χ3n) is 4.34. The van der Waals surface area contributed by atoms with Crippen LogP contribution in [0.1, 0.15) is 29.6 Å². The van der Waals surface area contributed by atoms with Crippen LogP contribution in [0.4, 0.5) is 0 Å². The van der Waals surface area contributed by atoms with Crippen LogP contribution in [0, 0.1) is 11.8 Å². The zero-order valence-electron chi connectivity index (χ0n) is 10.8. The summed E-state index contributed by atoms with van der Waals surface area (Å²) in [6.45, 7) is 0.647. The molecule has 1 aromatic heterocycles. The molecule has 1 aromatic rings. The normalized spacial score (nSPS) is 29.3. The van der Waals surface area contributed by atoms with Crippen molar-refractivity contribution in [2.75, 3.05) is 13.7 Å². The van der Waals surface area contributed by atoms with Gasteiger partial charge in [-0.25, -0.2) is 4.79 Å². The first-order valence-corrected chi connectivity index (χ1v) is 6.60.